The predicted octanol–water partition coefficient (Wildman–Crippen LogP) is 3.71. The summed E-state index contributed by atoms with van der Waals surface area (Å²) in [6, 6.07) is 2.43. The Labute approximate surface area is 97.2 Å². The molecule has 2 nitrogen and oxygen atoms in total. The van der Waals surface area contributed by atoms with Gasteiger partial charge in [0.25, 0.3) is 0 Å². The Morgan fingerprint density at radius 2 is 2.36 bits per heavy atom. The maximum Gasteiger partial charge on any atom is 0.140 e. The summed E-state index contributed by atoms with van der Waals surface area (Å²) in [6.45, 7) is 2.25. The minimum Gasteiger partial charge on any atom is -0.366 e. The third-order valence-corrected chi connectivity index (χ3v) is 3.56. The van der Waals surface area contributed by atoms with Crippen molar-refractivity contribution in [2.45, 2.75) is 25.8 Å². The van der Waals surface area contributed by atoms with Crippen molar-refractivity contribution in [3.8, 4) is 0 Å². The van der Waals surface area contributed by atoms with Crippen LogP contribution < -0.4 is 5.32 Å². The standard InChI is InChI=1S/C10H12BrClN2/c1-6-2-3-9(6)14-10-8(11)4-7(12)5-13-10/h4-6,9H,2-3H2,1H3,(H,13,14). The number of rotatable bonds is 2. The van der Waals surface area contributed by atoms with E-state index in [1.54, 1.807) is 6.20 Å². The highest BCUT2D eigenvalue weighted by Crippen LogP contribution is 2.32. The van der Waals surface area contributed by atoms with Gasteiger partial charge in [-0.2, -0.15) is 0 Å². The quantitative estimate of drug-likeness (QED) is 0.890. The van der Waals surface area contributed by atoms with Crippen molar-refractivity contribution in [2.75, 3.05) is 5.32 Å². The van der Waals surface area contributed by atoms with Crippen molar-refractivity contribution < 1.29 is 0 Å². The van der Waals surface area contributed by atoms with Crippen LogP contribution >= 0.6 is 27.5 Å². The molecule has 1 aliphatic rings. The molecular formula is C10H12BrClN2. The van der Waals surface area contributed by atoms with Gasteiger partial charge in [-0.05, 0) is 40.8 Å². The molecule has 0 spiro atoms. The van der Waals surface area contributed by atoms with Gasteiger partial charge < -0.3 is 5.32 Å². The molecule has 2 atom stereocenters. The molecule has 14 heavy (non-hydrogen) atoms. The smallest absolute Gasteiger partial charge is 0.140 e. The van der Waals surface area contributed by atoms with Gasteiger partial charge in [0.05, 0.1) is 9.50 Å². The zero-order chi connectivity index (χ0) is 10.1. The van der Waals surface area contributed by atoms with E-state index in [0.717, 1.165) is 16.2 Å². The first-order valence-electron chi connectivity index (χ1n) is 4.74. The summed E-state index contributed by atoms with van der Waals surface area (Å²) in [5.41, 5.74) is 0. The van der Waals surface area contributed by atoms with Gasteiger partial charge in [-0.1, -0.05) is 18.5 Å². The van der Waals surface area contributed by atoms with E-state index in [0.29, 0.717) is 11.1 Å². The van der Waals surface area contributed by atoms with Crippen molar-refractivity contribution in [1.82, 2.24) is 4.98 Å². The predicted molar refractivity (Wildman–Crippen MR) is 62.8 cm³/mol. The third kappa shape index (κ3) is 2.04. The van der Waals surface area contributed by atoms with Crippen LogP contribution in [-0.2, 0) is 0 Å². The summed E-state index contributed by atoms with van der Waals surface area (Å²) in [5, 5.41) is 4.06. The molecule has 0 amide bonds. The van der Waals surface area contributed by atoms with Gasteiger partial charge in [0.1, 0.15) is 5.82 Å². The molecule has 4 heteroatoms. The molecule has 76 valence electrons. The van der Waals surface area contributed by atoms with Crippen LogP contribution in [0, 0.1) is 5.92 Å². The van der Waals surface area contributed by atoms with Crippen LogP contribution in [0.1, 0.15) is 19.8 Å². The van der Waals surface area contributed by atoms with E-state index < -0.39 is 0 Å². The van der Waals surface area contributed by atoms with Gasteiger partial charge in [0.15, 0.2) is 0 Å². The first-order valence-corrected chi connectivity index (χ1v) is 5.91. The zero-order valence-electron chi connectivity index (χ0n) is 7.93. The maximum absolute atomic E-state index is 5.81. The highest BCUT2D eigenvalue weighted by atomic mass is 79.9. The lowest BCUT2D eigenvalue weighted by Gasteiger charge is -2.35. The Kier molecular flexibility index (Phi) is 2.98. The largest absolute Gasteiger partial charge is 0.366 e. The number of halogens is 2. The minimum atomic E-state index is 0.569. The maximum atomic E-state index is 5.81. The van der Waals surface area contributed by atoms with Crippen molar-refractivity contribution in [2.24, 2.45) is 5.92 Å². The Morgan fingerprint density at radius 3 is 2.86 bits per heavy atom. The van der Waals surface area contributed by atoms with E-state index in [1.165, 1.54) is 12.8 Å². The highest BCUT2D eigenvalue weighted by Gasteiger charge is 2.27. The molecule has 1 saturated carbocycles. The summed E-state index contributed by atoms with van der Waals surface area (Å²) >= 11 is 9.25. The van der Waals surface area contributed by atoms with Crippen LogP contribution in [-0.4, -0.2) is 11.0 Å². The van der Waals surface area contributed by atoms with E-state index in [2.05, 4.69) is 33.2 Å². The Balaban J connectivity index is 2.09. The number of anilines is 1. The molecule has 1 fully saturated rings. The van der Waals surface area contributed by atoms with E-state index in [1.807, 2.05) is 6.07 Å². The molecule has 0 aliphatic heterocycles. The molecule has 2 rings (SSSR count). The van der Waals surface area contributed by atoms with Gasteiger partial charge >= 0.3 is 0 Å². The summed E-state index contributed by atoms with van der Waals surface area (Å²) < 4.78 is 0.934. The highest BCUT2D eigenvalue weighted by molar-refractivity contribution is 9.10. The lowest BCUT2D eigenvalue weighted by molar-refractivity contribution is 0.303. The molecule has 0 aromatic carbocycles. The zero-order valence-corrected chi connectivity index (χ0v) is 10.3. The molecule has 2 unspecified atom stereocenters. The monoisotopic (exact) mass is 274 g/mol. The van der Waals surface area contributed by atoms with E-state index in [4.69, 9.17) is 11.6 Å². The normalized spacial score (nSPS) is 25.6. The Bertz CT molecular complexity index is 343. The minimum absolute atomic E-state index is 0.569. The van der Waals surface area contributed by atoms with E-state index >= 15 is 0 Å². The average Bonchev–Trinajstić information content (AvgIpc) is 2.14. The van der Waals surface area contributed by atoms with E-state index in [-0.39, 0.29) is 0 Å². The second-order valence-corrected chi connectivity index (χ2v) is 5.08. The fourth-order valence-electron chi connectivity index (χ4n) is 1.58. The van der Waals surface area contributed by atoms with Gasteiger partial charge in [0.2, 0.25) is 0 Å². The Morgan fingerprint density at radius 1 is 1.57 bits per heavy atom. The second kappa shape index (κ2) is 4.07. The SMILES string of the molecule is CC1CCC1Nc1ncc(Cl)cc1Br. The van der Waals surface area contributed by atoms with Gasteiger partial charge in [-0.25, -0.2) is 4.98 Å². The van der Waals surface area contributed by atoms with Crippen LogP contribution in [0.15, 0.2) is 16.7 Å². The summed E-state index contributed by atoms with van der Waals surface area (Å²) in [5.74, 6) is 1.64. The number of nitrogens with zero attached hydrogens (tertiary/aromatic N) is 1. The molecule has 1 N–H and O–H groups in total. The molecule has 0 bridgehead atoms. The number of hydrogen-bond acceptors (Lipinski definition) is 2. The summed E-state index contributed by atoms with van der Waals surface area (Å²) in [7, 11) is 0. The molecule has 1 aliphatic carbocycles. The fraction of sp³-hybridized carbons (Fsp3) is 0.500. The van der Waals surface area contributed by atoms with Crippen LogP contribution in [0.25, 0.3) is 0 Å². The fourth-order valence-corrected chi connectivity index (χ4v) is 2.33. The topological polar surface area (TPSA) is 24.9 Å². The van der Waals surface area contributed by atoms with Gasteiger partial charge in [-0.3, -0.25) is 0 Å². The first-order chi connectivity index (χ1) is 6.66. The van der Waals surface area contributed by atoms with Crippen molar-refractivity contribution >= 4 is 33.3 Å². The van der Waals surface area contributed by atoms with Crippen LogP contribution in [0.5, 0.6) is 0 Å². The van der Waals surface area contributed by atoms with Crippen LogP contribution in [0.2, 0.25) is 5.02 Å². The van der Waals surface area contributed by atoms with Crippen LogP contribution in [0.4, 0.5) is 5.82 Å². The number of nitrogens with one attached hydrogen (secondary N) is 1. The second-order valence-electron chi connectivity index (χ2n) is 3.79. The van der Waals surface area contributed by atoms with Crippen LogP contribution in [0.3, 0.4) is 0 Å². The number of aromatic nitrogens is 1. The number of pyridine rings is 1. The number of hydrogen-bond donors (Lipinski definition) is 1. The molecule has 1 aromatic heterocycles. The summed E-state index contributed by atoms with van der Waals surface area (Å²) in [4.78, 5) is 4.24. The van der Waals surface area contributed by atoms with Gasteiger partial charge in [0, 0.05) is 12.2 Å². The van der Waals surface area contributed by atoms with Crippen molar-refractivity contribution in [3.63, 3.8) is 0 Å². The van der Waals surface area contributed by atoms with Crippen molar-refractivity contribution in [1.29, 1.82) is 0 Å². The molecular weight excluding hydrogens is 263 g/mol. The summed E-state index contributed by atoms with van der Waals surface area (Å²) in [6.07, 6.45) is 4.21. The molecule has 0 saturated heterocycles. The lowest BCUT2D eigenvalue weighted by Crippen LogP contribution is -2.36. The lowest BCUT2D eigenvalue weighted by atomic mass is 9.81. The Hall–Kier alpha value is -0.280. The first kappa shape index (κ1) is 10.2. The molecule has 0 radical (unpaired) electrons. The third-order valence-electron chi connectivity index (χ3n) is 2.75. The average molecular weight is 276 g/mol. The van der Waals surface area contributed by atoms with Crippen molar-refractivity contribution in [3.05, 3.63) is 21.8 Å². The van der Waals surface area contributed by atoms with Gasteiger partial charge in [-0.15, -0.1) is 0 Å². The van der Waals surface area contributed by atoms with E-state index in [9.17, 15) is 0 Å². The molecule has 1 aromatic rings. The molecule has 1 heterocycles.